The van der Waals surface area contributed by atoms with Gasteiger partial charge in [0, 0.05) is 38.3 Å². The second-order valence-electron chi connectivity index (χ2n) is 6.04. The number of fused-ring (bicyclic) bond motifs is 1. The van der Waals surface area contributed by atoms with Crippen molar-refractivity contribution in [1.29, 1.82) is 0 Å². The van der Waals surface area contributed by atoms with E-state index in [4.69, 9.17) is 0 Å². The highest BCUT2D eigenvalue weighted by Crippen LogP contribution is 2.33. The van der Waals surface area contributed by atoms with Crippen LogP contribution in [0.25, 0.3) is 0 Å². The Kier molecular flexibility index (Phi) is 3.39. The summed E-state index contributed by atoms with van der Waals surface area (Å²) in [6, 6.07) is 3.39. The monoisotopic (exact) mass is 301 g/mol. The van der Waals surface area contributed by atoms with Crippen molar-refractivity contribution in [3.63, 3.8) is 0 Å². The third kappa shape index (κ3) is 2.15. The first-order valence-corrected chi connectivity index (χ1v) is 7.34. The normalized spacial score (nSPS) is 21.0. The summed E-state index contributed by atoms with van der Waals surface area (Å²) in [7, 11) is 3.87. The zero-order chi connectivity index (χ0) is 16.0. The molecule has 0 aliphatic carbocycles. The lowest BCUT2D eigenvalue weighted by Crippen LogP contribution is -2.52. The van der Waals surface area contributed by atoms with Gasteiger partial charge in [-0.2, -0.15) is 0 Å². The molecule has 0 bridgehead atoms. The standard InChI is InChI=1S/C16H19N3O3/c1-9-11(18(2)3)5-4-10-8-19(16(22)14(9)10)12-6-7-13(20)17-15(12)21/h4-5,12H,6-8H2,1-3H3,(H,17,20,21). The number of carbonyl (C=O) groups is 3. The number of anilines is 1. The first kappa shape index (κ1) is 14.6. The fourth-order valence-corrected chi connectivity index (χ4v) is 3.30. The molecule has 3 amide bonds. The SMILES string of the molecule is Cc1c(N(C)C)ccc2c1C(=O)N(C1CCC(=O)NC1=O)C2. The Morgan fingerprint density at radius 2 is 1.95 bits per heavy atom. The molecule has 6 heteroatoms. The average molecular weight is 301 g/mol. The molecule has 0 aromatic heterocycles. The molecule has 0 radical (unpaired) electrons. The number of benzene rings is 1. The van der Waals surface area contributed by atoms with Crippen molar-refractivity contribution in [2.24, 2.45) is 0 Å². The number of carbonyl (C=O) groups excluding carboxylic acids is 3. The third-order valence-corrected chi connectivity index (χ3v) is 4.41. The average Bonchev–Trinajstić information content (AvgIpc) is 2.77. The van der Waals surface area contributed by atoms with Crippen molar-refractivity contribution in [3.05, 3.63) is 28.8 Å². The van der Waals surface area contributed by atoms with Gasteiger partial charge in [0.2, 0.25) is 11.8 Å². The summed E-state index contributed by atoms with van der Waals surface area (Å²) in [6.45, 7) is 2.36. The molecule has 1 aromatic rings. The van der Waals surface area contributed by atoms with E-state index in [1.165, 1.54) is 0 Å². The van der Waals surface area contributed by atoms with Gasteiger partial charge >= 0.3 is 0 Å². The molecule has 2 heterocycles. The van der Waals surface area contributed by atoms with Gasteiger partial charge in [0.1, 0.15) is 6.04 Å². The predicted molar refractivity (Wildman–Crippen MR) is 81.6 cm³/mol. The van der Waals surface area contributed by atoms with Crippen LogP contribution in [0.1, 0.15) is 34.3 Å². The van der Waals surface area contributed by atoms with Crippen molar-refractivity contribution in [1.82, 2.24) is 10.2 Å². The highest BCUT2D eigenvalue weighted by atomic mass is 16.2. The predicted octanol–water partition coefficient (Wildman–Crippen LogP) is 0.822. The lowest BCUT2D eigenvalue weighted by molar-refractivity contribution is -0.136. The van der Waals surface area contributed by atoms with E-state index in [2.05, 4.69) is 5.32 Å². The number of amides is 3. The Bertz CT molecular complexity index is 681. The second kappa shape index (κ2) is 5.12. The number of hydrogen-bond acceptors (Lipinski definition) is 4. The number of imide groups is 1. The van der Waals surface area contributed by atoms with Gasteiger partial charge < -0.3 is 9.80 Å². The van der Waals surface area contributed by atoms with E-state index in [1.807, 2.05) is 38.1 Å². The van der Waals surface area contributed by atoms with Crippen LogP contribution >= 0.6 is 0 Å². The lowest BCUT2D eigenvalue weighted by Gasteiger charge is -2.29. The van der Waals surface area contributed by atoms with E-state index in [9.17, 15) is 14.4 Å². The summed E-state index contributed by atoms with van der Waals surface area (Å²) in [4.78, 5) is 39.6. The number of nitrogens with one attached hydrogen (secondary N) is 1. The number of rotatable bonds is 2. The van der Waals surface area contributed by atoms with Crippen molar-refractivity contribution >= 4 is 23.4 Å². The maximum absolute atomic E-state index is 12.8. The summed E-state index contributed by atoms with van der Waals surface area (Å²) in [5, 5.41) is 2.32. The van der Waals surface area contributed by atoms with Gasteiger partial charge in [-0.3, -0.25) is 19.7 Å². The van der Waals surface area contributed by atoms with Gasteiger partial charge in [0.15, 0.2) is 0 Å². The van der Waals surface area contributed by atoms with E-state index < -0.39 is 6.04 Å². The van der Waals surface area contributed by atoms with Crippen molar-refractivity contribution in [3.8, 4) is 0 Å². The highest BCUT2D eigenvalue weighted by Gasteiger charge is 2.40. The molecule has 3 rings (SSSR count). The van der Waals surface area contributed by atoms with Crippen LogP contribution < -0.4 is 10.2 Å². The van der Waals surface area contributed by atoms with Crippen LogP contribution in [0.15, 0.2) is 12.1 Å². The molecule has 2 aliphatic rings. The number of nitrogens with zero attached hydrogens (tertiary/aromatic N) is 2. The molecule has 116 valence electrons. The first-order valence-electron chi connectivity index (χ1n) is 7.34. The van der Waals surface area contributed by atoms with Gasteiger partial charge in [-0.05, 0) is 30.5 Å². The molecule has 1 unspecified atom stereocenters. The molecule has 1 atom stereocenters. The molecule has 0 spiro atoms. The van der Waals surface area contributed by atoms with E-state index in [1.54, 1.807) is 4.90 Å². The van der Waals surface area contributed by atoms with Gasteiger partial charge in [0.05, 0.1) is 0 Å². The first-order chi connectivity index (χ1) is 10.4. The van der Waals surface area contributed by atoms with E-state index in [0.717, 1.165) is 16.8 Å². The minimum absolute atomic E-state index is 0.120. The fraction of sp³-hybridized carbons (Fsp3) is 0.438. The van der Waals surface area contributed by atoms with Crippen molar-refractivity contribution in [2.45, 2.75) is 32.4 Å². The van der Waals surface area contributed by atoms with Gasteiger partial charge in [0.25, 0.3) is 5.91 Å². The zero-order valence-corrected chi connectivity index (χ0v) is 13.0. The summed E-state index contributed by atoms with van der Waals surface area (Å²) < 4.78 is 0. The Balaban J connectivity index is 1.93. The summed E-state index contributed by atoms with van der Waals surface area (Å²) in [5.74, 6) is -0.759. The molecule has 1 N–H and O–H groups in total. The second-order valence-corrected chi connectivity index (χ2v) is 6.04. The molecule has 2 aliphatic heterocycles. The zero-order valence-electron chi connectivity index (χ0n) is 13.0. The van der Waals surface area contributed by atoms with E-state index in [-0.39, 0.29) is 24.1 Å². The molecule has 22 heavy (non-hydrogen) atoms. The minimum Gasteiger partial charge on any atom is -0.377 e. The largest absolute Gasteiger partial charge is 0.377 e. The van der Waals surface area contributed by atoms with Crippen molar-refractivity contribution in [2.75, 3.05) is 19.0 Å². The van der Waals surface area contributed by atoms with Crippen LogP contribution in [-0.2, 0) is 16.1 Å². The van der Waals surface area contributed by atoms with Gasteiger partial charge in [-0.25, -0.2) is 0 Å². The van der Waals surface area contributed by atoms with E-state index in [0.29, 0.717) is 18.5 Å². The molecule has 6 nitrogen and oxygen atoms in total. The van der Waals surface area contributed by atoms with Gasteiger partial charge in [-0.1, -0.05) is 6.07 Å². The Morgan fingerprint density at radius 3 is 2.59 bits per heavy atom. The molecule has 1 saturated heterocycles. The number of hydrogen-bond donors (Lipinski definition) is 1. The molecule has 0 saturated carbocycles. The smallest absolute Gasteiger partial charge is 0.255 e. The van der Waals surface area contributed by atoms with Crippen LogP contribution in [0.5, 0.6) is 0 Å². The Labute approximate surface area is 129 Å². The van der Waals surface area contributed by atoms with Crippen LogP contribution in [0.4, 0.5) is 5.69 Å². The summed E-state index contributed by atoms with van der Waals surface area (Å²) >= 11 is 0. The maximum atomic E-state index is 12.8. The van der Waals surface area contributed by atoms with E-state index >= 15 is 0 Å². The van der Waals surface area contributed by atoms with Crippen LogP contribution in [0.2, 0.25) is 0 Å². The lowest BCUT2D eigenvalue weighted by atomic mass is 10.0. The molecular weight excluding hydrogens is 282 g/mol. The molecule has 1 aromatic carbocycles. The van der Waals surface area contributed by atoms with Gasteiger partial charge in [-0.15, -0.1) is 0 Å². The summed E-state index contributed by atoms with van der Waals surface area (Å²) in [6.07, 6.45) is 0.669. The maximum Gasteiger partial charge on any atom is 0.255 e. The third-order valence-electron chi connectivity index (χ3n) is 4.41. The quantitative estimate of drug-likeness (QED) is 0.821. The number of piperidine rings is 1. The fourth-order valence-electron chi connectivity index (χ4n) is 3.30. The molecular formula is C16H19N3O3. The van der Waals surface area contributed by atoms with Crippen LogP contribution in [0.3, 0.4) is 0 Å². The van der Waals surface area contributed by atoms with Crippen molar-refractivity contribution < 1.29 is 14.4 Å². The van der Waals surface area contributed by atoms with Crippen LogP contribution in [-0.4, -0.2) is 42.8 Å². The van der Waals surface area contributed by atoms with Crippen LogP contribution in [0, 0.1) is 6.92 Å². The summed E-state index contributed by atoms with van der Waals surface area (Å²) in [5.41, 5.74) is 3.56. The Hall–Kier alpha value is -2.37. The highest BCUT2D eigenvalue weighted by molar-refractivity contribution is 6.06. The topological polar surface area (TPSA) is 69.7 Å². The Morgan fingerprint density at radius 1 is 1.23 bits per heavy atom. The molecule has 1 fully saturated rings. The minimum atomic E-state index is -0.556.